The highest BCUT2D eigenvalue weighted by atomic mass is 32.2. The third-order valence-electron chi connectivity index (χ3n) is 5.89. The number of carbonyl (C=O) groups is 1. The van der Waals surface area contributed by atoms with Crippen molar-refractivity contribution in [3.63, 3.8) is 0 Å². The summed E-state index contributed by atoms with van der Waals surface area (Å²) in [5.41, 5.74) is 3.29. The fourth-order valence-electron chi connectivity index (χ4n) is 4.01. The maximum absolute atomic E-state index is 13.3. The molecule has 0 spiro atoms. The highest BCUT2D eigenvalue weighted by Crippen LogP contribution is 2.36. The lowest BCUT2D eigenvalue weighted by molar-refractivity contribution is -0.122. The molecular formula is C24H24N4O2S3. The van der Waals surface area contributed by atoms with Gasteiger partial charge in [-0.05, 0) is 31.1 Å². The number of hydrogen-bond donors (Lipinski definition) is 0. The first-order valence-corrected chi connectivity index (χ1v) is 13.0. The average molecular weight is 497 g/mol. The molecule has 1 aromatic heterocycles. The first-order valence-electron chi connectivity index (χ1n) is 10.6. The van der Waals surface area contributed by atoms with Crippen LogP contribution in [0, 0.1) is 25.2 Å². The van der Waals surface area contributed by atoms with E-state index in [1.54, 1.807) is 29.5 Å². The topological polar surface area (TPSA) is 69.3 Å². The van der Waals surface area contributed by atoms with Gasteiger partial charge in [0.25, 0.3) is 11.5 Å². The van der Waals surface area contributed by atoms with Gasteiger partial charge in [0.2, 0.25) is 0 Å². The predicted octanol–water partition coefficient (Wildman–Crippen LogP) is 3.83. The molecule has 0 radical (unpaired) electrons. The van der Waals surface area contributed by atoms with Gasteiger partial charge in [0, 0.05) is 37.2 Å². The molecule has 2 fully saturated rings. The van der Waals surface area contributed by atoms with Crippen LogP contribution in [0.2, 0.25) is 0 Å². The van der Waals surface area contributed by atoms with Gasteiger partial charge in [-0.1, -0.05) is 53.8 Å². The van der Waals surface area contributed by atoms with Crippen LogP contribution < -0.4 is 10.5 Å². The molecule has 2 saturated heterocycles. The van der Waals surface area contributed by atoms with E-state index in [4.69, 9.17) is 12.2 Å². The van der Waals surface area contributed by atoms with E-state index in [0.29, 0.717) is 21.3 Å². The van der Waals surface area contributed by atoms with Crippen LogP contribution in [0.5, 0.6) is 0 Å². The molecule has 4 rings (SSSR count). The van der Waals surface area contributed by atoms with Crippen molar-refractivity contribution in [1.29, 1.82) is 5.26 Å². The van der Waals surface area contributed by atoms with E-state index < -0.39 is 0 Å². The van der Waals surface area contributed by atoms with Crippen LogP contribution in [0.1, 0.15) is 27.8 Å². The Morgan fingerprint density at radius 3 is 2.45 bits per heavy atom. The second-order valence-electron chi connectivity index (χ2n) is 8.07. The van der Waals surface area contributed by atoms with E-state index in [9.17, 15) is 14.9 Å². The van der Waals surface area contributed by atoms with Gasteiger partial charge in [-0.25, -0.2) is 0 Å². The van der Waals surface area contributed by atoms with Crippen molar-refractivity contribution in [2.45, 2.75) is 20.4 Å². The van der Waals surface area contributed by atoms with E-state index in [0.717, 1.165) is 47.1 Å². The average Bonchev–Trinajstić information content (AvgIpc) is 3.07. The number of benzene rings is 1. The molecule has 2 aromatic rings. The highest BCUT2D eigenvalue weighted by Gasteiger charge is 2.33. The van der Waals surface area contributed by atoms with Crippen molar-refractivity contribution < 1.29 is 4.79 Å². The monoisotopic (exact) mass is 496 g/mol. The van der Waals surface area contributed by atoms with Crippen LogP contribution in [0.4, 0.5) is 5.82 Å². The van der Waals surface area contributed by atoms with Crippen LogP contribution in [0.15, 0.2) is 34.0 Å². The highest BCUT2D eigenvalue weighted by molar-refractivity contribution is 8.26. The molecule has 0 atom stereocenters. The zero-order valence-electron chi connectivity index (χ0n) is 18.8. The number of aryl methyl sites for hydroxylation is 1. The second-order valence-corrected chi connectivity index (χ2v) is 11.0. The Balaban J connectivity index is 1.76. The minimum Gasteiger partial charge on any atom is -0.356 e. The summed E-state index contributed by atoms with van der Waals surface area (Å²) in [6, 6.07) is 10.1. The van der Waals surface area contributed by atoms with Gasteiger partial charge in [0.1, 0.15) is 21.8 Å². The first kappa shape index (κ1) is 23.6. The van der Waals surface area contributed by atoms with Crippen LogP contribution in [0.25, 0.3) is 6.08 Å². The van der Waals surface area contributed by atoms with E-state index in [1.807, 2.05) is 43.0 Å². The van der Waals surface area contributed by atoms with Crippen LogP contribution in [-0.4, -0.2) is 44.3 Å². The van der Waals surface area contributed by atoms with Crippen molar-refractivity contribution >= 4 is 57.9 Å². The maximum atomic E-state index is 13.3. The van der Waals surface area contributed by atoms with Gasteiger partial charge in [0.15, 0.2) is 0 Å². The molecule has 9 heteroatoms. The van der Waals surface area contributed by atoms with Crippen LogP contribution in [0.3, 0.4) is 0 Å². The standard InChI is InChI=1S/C24H24N4O2S3/c1-15-4-6-17(7-5-15)14-28-23(30)20(33-24(28)31)12-18-16(2)19(13-25)22(29)26(3)21(18)27-8-10-32-11-9-27/h4-7,12H,8-11,14H2,1-3H3. The van der Waals surface area contributed by atoms with Crippen molar-refractivity contribution in [2.24, 2.45) is 7.05 Å². The Morgan fingerprint density at radius 1 is 1.15 bits per heavy atom. The number of thiocarbonyl (C=S) groups is 1. The number of thioether (sulfide) groups is 2. The fourth-order valence-corrected chi connectivity index (χ4v) is 6.15. The lowest BCUT2D eigenvalue weighted by Gasteiger charge is -2.32. The molecule has 6 nitrogen and oxygen atoms in total. The minimum atomic E-state index is -0.313. The van der Waals surface area contributed by atoms with E-state index in [-0.39, 0.29) is 17.0 Å². The lowest BCUT2D eigenvalue weighted by Crippen LogP contribution is -2.38. The number of nitrogens with zero attached hydrogens (tertiary/aromatic N) is 4. The molecule has 3 heterocycles. The molecule has 0 saturated carbocycles. The zero-order chi connectivity index (χ0) is 23.7. The summed E-state index contributed by atoms with van der Waals surface area (Å²) in [4.78, 5) is 30.4. The molecule has 1 amide bonds. The molecule has 2 aliphatic heterocycles. The fraction of sp³-hybridized carbons (Fsp3) is 0.333. The lowest BCUT2D eigenvalue weighted by atomic mass is 10.0. The Kier molecular flexibility index (Phi) is 6.98. The second kappa shape index (κ2) is 9.75. The number of aromatic nitrogens is 1. The Bertz CT molecular complexity index is 1250. The molecular weight excluding hydrogens is 472 g/mol. The predicted molar refractivity (Wildman–Crippen MR) is 141 cm³/mol. The Labute approximate surface area is 207 Å². The van der Waals surface area contributed by atoms with E-state index >= 15 is 0 Å². The number of amides is 1. The Morgan fingerprint density at radius 2 is 1.82 bits per heavy atom. The summed E-state index contributed by atoms with van der Waals surface area (Å²) in [6.07, 6.45) is 1.81. The summed E-state index contributed by atoms with van der Waals surface area (Å²) in [7, 11) is 1.69. The van der Waals surface area contributed by atoms with Crippen molar-refractivity contribution in [3.05, 3.63) is 67.3 Å². The minimum absolute atomic E-state index is 0.106. The van der Waals surface area contributed by atoms with Gasteiger partial charge < -0.3 is 4.90 Å². The largest absolute Gasteiger partial charge is 0.356 e. The molecule has 33 heavy (non-hydrogen) atoms. The Hall–Kier alpha value is -2.54. The molecule has 0 bridgehead atoms. The number of carbonyl (C=O) groups excluding carboxylic acids is 1. The molecule has 170 valence electrons. The van der Waals surface area contributed by atoms with Crippen molar-refractivity contribution in [2.75, 3.05) is 29.5 Å². The van der Waals surface area contributed by atoms with Crippen LogP contribution >= 0.6 is 35.7 Å². The normalized spacial score (nSPS) is 17.7. The van der Waals surface area contributed by atoms with Gasteiger partial charge >= 0.3 is 0 Å². The third-order valence-corrected chi connectivity index (χ3v) is 8.21. The number of nitriles is 1. The van der Waals surface area contributed by atoms with Gasteiger partial charge in [-0.15, -0.1) is 0 Å². The number of pyridine rings is 1. The zero-order valence-corrected chi connectivity index (χ0v) is 21.2. The van der Waals surface area contributed by atoms with Gasteiger partial charge in [-0.3, -0.25) is 19.1 Å². The molecule has 1 aromatic carbocycles. The molecule has 0 aliphatic carbocycles. The van der Waals surface area contributed by atoms with E-state index in [2.05, 4.69) is 11.0 Å². The summed E-state index contributed by atoms with van der Waals surface area (Å²) >= 11 is 8.67. The summed E-state index contributed by atoms with van der Waals surface area (Å²) in [5, 5.41) is 9.63. The van der Waals surface area contributed by atoms with Crippen molar-refractivity contribution in [3.8, 4) is 6.07 Å². The number of rotatable bonds is 4. The van der Waals surface area contributed by atoms with Crippen LogP contribution in [-0.2, 0) is 18.4 Å². The quantitative estimate of drug-likeness (QED) is 0.471. The third kappa shape index (κ3) is 4.60. The van der Waals surface area contributed by atoms with Gasteiger partial charge in [-0.2, -0.15) is 17.0 Å². The SMILES string of the molecule is Cc1ccc(CN2C(=O)C(=Cc3c(C)c(C#N)c(=O)n(C)c3N3CCSCC3)SC2=S)cc1. The summed E-state index contributed by atoms with van der Waals surface area (Å²) < 4.78 is 2.05. The summed E-state index contributed by atoms with van der Waals surface area (Å²) in [5.74, 6) is 2.52. The first-order chi connectivity index (χ1) is 15.8. The maximum Gasteiger partial charge on any atom is 0.270 e. The molecule has 0 N–H and O–H groups in total. The van der Waals surface area contributed by atoms with E-state index in [1.165, 1.54) is 11.8 Å². The molecule has 2 aliphatic rings. The smallest absolute Gasteiger partial charge is 0.270 e. The van der Waals surface area contributed by atoms with Gasteiger partial charge in [0.05, 0.1) is 11.4 Å². The number of hydrogen-bond acceptors (Lipinski definition) is 7. The number of anilines is 1. The summed E-state index contributed by atoms with van der Waals surface area (Å²) in [6.45, 7) is 5.82. The van der Waals surface area contributed by atoms with Crippen molar-refractivity contribution in [1.82, 2.24) is 9.47 Å². The molecule has 0 unspecified atom stereocenters.